The number of aromatic nitrogens is 1. The van der Waals surface area contributed by atoms with Crippen molar-refractivity contribution in [2.45, 2.75) is 12.8 Å². The van der Waals surface area contributed by atoms with Crippen LogP contribution in [-0.4, -0.2) is 17.1 Å². The predicted molar refractivity (Wildman–Crippen MR) is 75.5 cm³/mol. The first kappa shape index (κ1) is 11.8. The van der Waals surface area contributed by atoms with Crippen molar-refractivity contribution in [3.63, 3.8) is 0 Å². The number of hydrogen-bond donors (Lipinski definition) is 2. The van der Waals surface area contributed by atoms with Crippen LogP contribution in [0.4, 0.5) is 10.5 Å². The van der Waals surface area contributed by atoms with E-state index in [-0.39, 0.29) is 6.03 Å². The van der Waals surface area contributed by atoms with Crippen LogP contribution in [0, 0.1) is 5.92 Å². The van der Waals surface area contributed by atoms with Crippen molar-refractivity contribution in [2.75, 3.05) is 11.9 Å². The molecule has 2 N–H and O–H groups in total. The molecule has 0 unspecified atom stereocenters. The minimum absolute atomic E-state index is 0.128. The van der Waals surface area contributed by atoms with Crippen molar-refractivity contribution < 1.29 is 4.79 Å². The molecule has 1 saturated carbocycles. The third kappa shape index (κ3) is 3.16. The number of urea groups is 1. The molecule has 0 saturated heterocycles. The lowest BCUT2D eigenvalue weighted by Gasteiger charge is -2.09. The smallest absolute Gasteiger partial charge is 0.319 e. The molecule has 0 aliphatic heterocycles. The van der Waals surface area contributed by atoms with Crippen LogP contribution in [0.25, 0.3) is 5.69 Å². The van der Waals surface area contributed by atoms with Crippen LogP contribution in [-0.2, 0) is 0 Å². The van der Waals surface area contributed by atoms with Gasteiger partial charge in [0.1, 0.15) is 0 Å². The van der Waals surface area contributed by atoms with Crippen LogP contribution in [0.5, 0.6) is 0 Å². The highest BCUT2D eigenvalue weighted by atomic mass is 16.2. The van der Waals surface area contributed by atoms with Gasteiger partial charge in [0.25, 0.3) is 0 Å². The summed E-state index contributed by atoms with van der Waals surface area (Å²) in [5, 5.41) is 5.75. The highest BCUT2D eigenvalue weighted by molar-refractivity contribution is 5.89. The Morgan fingerprint density at radius 1 is 1.21 bits per heavy atom. The standard InChI is InChI=1S/C15H17N3O/c19-15(16-11-12-6-7-12)17-13-4-3-5-14(10-13)18-8-1-2-9-18/h1-5,8-10,12H,6-7,11H2,(H2,16,17,19). The van der Waals surface area contributed by atoms with Gasteiger partial charge in [-0.15, -0.1) is 0 Å². The molecular weight excluding hydrogens is 238 g/mol. The monoisotopic (exact) mass is 255 g/mol. The summed E-state index contributed by atoms with van der Waals surface area (Å²) in [6, 6.07) is 11.6. The summed E-state index contributed by atoms with van der Waals surface area (Å²) in [7, 11) is 0. The topological polar surface area (TPSA) is 46.1 Å². The number of nitrogens with one attached hydrogen (secondary N) is 2. The molecule has 98 valence electrons. The van der Waals surface area contributed by atoms with E-state index in [0.29, 0.717) is 5.92 Å². The molecule has 4 nitrogen and oxygen atoms in total. The van der Waals surface area contributed by atoms with E-state index in [1.807, 2.05) is 53.4 Å². The highest BCUT2D eigenvalue weighted by Crippen LogP contribution is 2.27. The number of carbonyl (C=O) groups excluding carboxylic acids is 1. The molecule has 1 fully saturated rings. The minimum atomic E-state index is -0.128. The molecule has 19 heavy (non-hydrogen) atoms. The number of benzene rings is 1. The summed E-state index contributed by atoms with van der Waals surface area (Å²) in [6.45, 7) is 0.781. The van der Waals surface area contributed by atoms with E-state index < -0.39 is 0 Å². The molecule has 2 aromatic rings. The summed E-state index contributed by atoms with van der Waals surface area (Å²) < 4.78 is 2.01. The maximum absolute atomic E-state index is 11.7. The van der Waals surface area contributed by atoms with E-state index in [0.717, 1.165) is 17.9 Å². The van der Waals surface area contributed by atoms with Gasteiger partial charge in [-0.25, -0.2) is 4.79 Å². The zero-order valence-corrected chi connectivity index (χ0v) is 10.7. The second-order valence-corrected chi connectivity index (χ2v) is 4.92. The molecule has 0 atom stereocenters. The van der Waals surface area contributed by atoms with Crippen molar-refractivity contribution in [1.82, 2.24) is 9.88 Å². The molecule has 0 spiro atoms. The highest BCUT2D eigenvalue weighted by Gasteiger charge is 2.21. The van der Waals surface area contributed by atoms with E-state index in [2.05, 4.69) is 10.6 Å². The number of nitrogens with zero attached hydrogens (tertiary/aromatic N) is 1. The molecule has 4 heteroatoms. The van der Waals surface area contributed by atoms with Gasteiger partial charge in [0.05, 0.1) is 0 Å². The number of rotatable bonds is 4. The first-order valence-electron chi connectivity index (χ1n) is 6.59. The average molecular weight is 255 g/mol. The van der Waals surface area contributed by atoms with Gasteiger partial charge in [-0.05, 0) is 49.1 Å². The maximum Gasteiger partial charge on any atom is 0.319 e. The third-order valence-electron chi connectivity index (χ3n) is 3.25. The number of amides is 2. The fraction of sp³-hybridized carbons (Fsp3) is 0.267. The van der Waals surface area contributed by atoms with Gasteiger partial charge in [0.2, 0.25) is 0 Å². The van der Waals surface area contributed by atoms with Gasteiger partial charge < -0.3 is 15.2 Å². The third-order valence-corrected chi connectivity index (χ3v) is 3.25. The van der Waals surface area contributed by atoms with Crippen LogP contribution in [0.2, 0.25) is 0 Å². The van der Waals surface area contributed by atoms with Crippen molar-refractivity contribution >= 4 is 11.7 Å². The van der Waals surface area contributed by atoms with Crippen molar-refractivity contribution in [3.05, 3.63) is 48.8 Å². The number of anilines is 1. The van der Waals surface area contributed by atoms with Gasteiger partial charge in [-0.2, -0.15) is 0 Å². The van der Waals surface area contributed by atoms with E-state index in [9.17, 15) is 4.79 Å². The SMILES string of the molecule is O=C(NCC1CC1)Nc1cccc(-n2cccc2)c1. The number of hydrogen-bond acceptors (Lipinski definition) is 1. The second kappa shape index (κ2) is 5.18. The van der Waals surface area contributed by atoms with E-state index in [4.69, 9.17) is 0 Å². The second-order valence-electron chi connectivity index (χ2n) is 4.92. The molecule has 1 aromatic carbocycles. The first-order chi connectivity index (χ1) is 9.31. The van der Waals surface area contributed by atoms with E-state index in [1.165, 1.54) is 12.8 Å². The van der Waals surface area contributed by atoms with E-state index in [1.54, 1.807) is 0 Å². The zero-order valence-electron chi connectivity index (χ0n) is 10.7. The Hall–Kier alpha value is -2.23. The molecule has 0 bridgehead atoms. The first-order valence-corrected chi connectivity index (χ1v) is 6.59. The summed E-state index contributed by atoms with van der Waals surface area (Å²) >= 11 is 0. The number of carbonyl (C=O) groups is 1. The van der Waals surface area contributed by atoms with Crippen LogP contribution < -0.4 is 10.6 Å². The van der Waals surface area contributed by atoms with Crippen LogP contribution >= 0.6 is 0 Å². The molecular formula is C15H17N3O. The Morgan fingerprint density at radius 3 is 2.74 bits per heavy atom. The van der Waals surface area contributed by atoms with Crippen molar-refractivity contribution in [1.29, 1.82) is 0 Å². The molecule has 1 aromatic heterocycles. The van der Waals surface area contributed by atoms with Crippen LogP contribution in [0.15, 0.2) is 48.8 Å². The predicted octanol–water partition coefficient (Wildman–Crippen LogP) is 3.01. The lowest BCUT2D eigenvalue weighted by Crippen LogP contribution is -2.30. The Kier molecular flexibility index (Phi) is 3.23. The van der Waals surface area contributed by atoms with Crippen molar-refractivity contribution in [3.8, 4) is 5.69 Å². The maximum atomic E-state index is 11.7. The summed E-state index contributed by atoms with van der Waals surface area (Å²) in [4.78, 5) is 11.7. The van der Waals surface area contributed by atoms with Crippen LogP contribution in [0.1, 0.15) is 12.8 Å². The molecule has 0 radical (unpaired) electrons. The van der Waals surface area contributed by atoms with Gasteiger partial charge in [-0.1, -0.05) is 6.07 Å². The quantitative estimate of drug-likeness (QED) is 0.866. The Bertz CT molecular complexity index is 559. The molecule has 1 aliphatic rings. The average Bonchev–Trinajstić information content (AvgIpc) is 3.09. The molecule has 2 amide bonds. The van der Waals surface area contributed by atoms with Gasteiger partial charge >= 0.3 is 6.03 Å². The van der Waals surface area contributed by atoms with Gasteiger partial charge in [0.15, 0.2) is 0 Å². The van der Waals surface area contributed by atoms with Gasteiger partial charge in [0, 0.05) is 30.3 Å². The fourth-order valence-corrected chi connectivity index (χ4v) is 1.99. The van der Waals surface area contributed by atoms with Crippen molar-refractivity contribution in [2.24, 2.45) is 5.92 Å². The lowest BCUT2D eigenvalue weighted by molar-refractivity contribution is 0.251. The fourth-order valence-electron chi connectivity index (χ4n) is 1.99. The van der Waals surface area contributed by atoms with Crippen LogP contribution in [0.3, 0.4) is 0 Å². The molecule has 3 rings (SSSR count). The minimum Gasteiger partial charge on any atom is -0.338 e. The zero-order chi connectivity index (χ0) is 13.1. The Morgan fingerprint density at radius 2 is 2.00 bits per heavy atom. The Balaban J connectivity index is 1.63. The molecule has 1 heterocycles. The normalized spacial score (nSPS) is 14.1. The summed E-state index contributed by atoms with van der Waals surface area (Å²) in [6.07, 6.45) is 6.44. The largest absolute Gasteiger partial charge is 0.338 e. The summed E-state index contributed by atoms with van der Waals surface area (Å²) in [5.74, 6) is 0.692. The van der Waals surface area contributed by atoms with Gasteiger partial charge in [-0.3, -0.25) is 0 Å². The Labute approximate surface area is 112 Å². The van der Waals surface area contributed by atoms with E-state index >= 15 is 0 Å². The summed E-state index contributed by atoms with van der Waals surface area (Å²) in [5.41, 5.74) is 1.84. The molecule has 1 aliphatic carbocycles. The lowest BCUT2D eigenvalue weighted by atomic mass is 10.3.